The maximum absolute atomic E-state index is 13.4. The zero-order chi connectivity index (χ0) is 24.9. The van der Waals surface area contributed by atoms with E-state index >= 15 is 0 Å². The van der Waals surface area contributed by atoms with Crippen molar-refractivity contribution in [1.29, 1.82) is 0 Å². The molecule has 8 heteroatoms. The van der Waals surface area contributed by atoms with Crippen molar-refractivity contribution in [3.05, 3.63) is 77.0 Å². The second kappa shape index (κ2) is 10.2. The van der Waals surface area contributed by atoms with Gasteiger partial charge in [-0.3, -0.25) is 9.59 Å². The van der Waals surface area contributed by atoms with Crippen molar-refractivity contribution in [3.63, 3.8) is 0 Å². The van der Waals surface area contributed by atoms with Crippen LogP contribution in [0.15, 0.2) is 75.9 Å². The molecule has 3 aromatic carbocycles. The number of amides is 1. The van der Waals surface area contributed by atoms with Crippen LogP contribution in [0, 0.1) is 0 Å². The molecule has 0 fully saturated rings. The molecule has 4 rings (SSSR count). The number of hydrogen-bond donors (Lipinski definition) is 1. The molecule has 8 nitrogen and oxygen atoms in total. The third kappa shape index (κ3) is 4.91. The maximum atomic E-state index is 13.4. The smallest absolute Gasteiger partial charge is 0.265 e. The standard InChI is InChI=1S/C27H25NO7/c1-16(27(30)28-21-15-19(32-3)13-14-23(21)33-4)34-26-24(29)20-7-5-6-8-22(20)35-25(26)17-9-11-18(31-2)12-10-17/h5-16H,1-4H3,(H,28,30). The predicted octanol–water partition coefficient (Wildman–Crippen LogP) is 4.89. The Kier molecular flexibility index (Phi) is 6.91. The van der Waals surface area contributed by atoms with Gasteiger partial charge >= 0.3 is 0 Å². The first-order valence-corrected chi connectivity index (χ1v) is 10.8. The Morgan fingerprint density at radius 2 is 1.57 bits per heavy atom. The van der Waals surface area contributed by atoms with E-state index in [1.165, 1.54) is 14.2 Å². The third-order valence-electron chi connectivity index (χ3n) is 5.44. The molecule has 180 valence electrons. The van der Waals surface area contributed by atoms with Gasteiger partial charge in [-0.05, 0) is 55.5 Å². The molecule has 0 radical (unpaired) electrons. The SMILES string of the molecule is COc1ccc(-c2oc3ccccc3c(=O)c2OC(C)C(=O)Nc2cc(OC)ccc2OC)cc1. The second-order valence-corrected chi connectivity index (χ2v) is 7.63. The normalized spacial score (nSPS) is 11.5. The number of nitrogens with one attached hydrogen (secondary N) is 1. The molecule has 35 heavy (non-hydrogen) atoms. The molecule has 4 aromatic rings. The van der Waals surface area contributed by atoms with Gasteiger partial charge in [0, 0.05) is 11.6 Å². The van der Waals surface area contributed by atoms with Crippen molar-refractivity contribution in [1.82, 2.24) is 0 Å². The monoisotopic (exact) mass is 475 g/mol. The number of fused-ring (bicyclic) bond motifs is 1. The molecule has 1 amide bonds. The lowest BCUT2D eigenvalue weighted by Gasteiger charge is -2.18. The van der Waals surface area contributed by atoms with Crippen LogP contribution < -0.4 is 29.7 Å². The zero-order valence-electron chi connectivity index (χ0n) is 19.8. The Morgan fingerprint density at radius 3 is 2.26 bits per heavy atom. The van der Waals surface area contributed by atoms with Gasteiger partial charge in [-0.15, -0.1) is 0 Å². The molecule has 0 aliphatic rings. The molecular weight excluding hydrogens is 450 g/mol. The minimum absolute atomic E-state index is 0.0610. The first-order chi connectivity index (χ1) is 16.9. The highest BCUT2D eigenvalue weighted by atomic mass is 16.5. The topological polar surface area (TPSA) is 96.2 Å². The number of hydrogen-bond acceptors (Lipinski definition) is 7. The van der Waals surface area contributed by atoms with Gasteiger partial charge in [0.2, 0.25) is 11.2 Å². The highest BCUT2D eigenvalue weighted by molar-refractivity contribution is 5.96. The van der Waals surface area contributed by atoms with Gasteiger partial charge in [-0.25, -0.2) is 0 Å². The summed E-state index contributed by atoms with van der Waals surface area (Å²) in [5.74, 6) is 1.33. The lowest BCUT2D eigenvalue weighted by molar-refractivity contribution is -0.122. The van der Waals surface area contributed by atoms with Gasteiger partial charge < -0.3 is 28.7 Å². The Balaban J connectivity index is 1.70. The summed E-state index contributed by atoms with van der Waals surface area (Å²) in [7, 11) is 4.59. The van der Waals surface area contributed by atoms with Crippen LogP contribution in [0.5, 0.6) is 23.0 Å². The Bertz CT molecular complexity index is 1410. The summed E-state index contributed by atoms with van der Waals surface area (Å²) in [5, 5.41) is 3.12. The molecular formula is C27H25NO7. The average molecular weight is 475 g/mol. The van der Waals surface area contributed by atoms with E-state index in [1.54, 1.807) is 80.8 Å². The van der Waals surface area contributed by atoms with Gasteiger partial charge in [0.25, 0.3) is 5.91 Å². The van der Waals surface area contributed by atoms with Crippen molar-refractivity contribution in [2.45, 2.75) is 13.0 Å². The minimum Gasteiger partial charge on any atom is -0.497 e. The summed E-state index contributed by atoms with van der Waals surface area (Å²) >= 11 is 0. The van der Waals surface area contributed by atoms with E-state index in [1.807, 2.05) is 0 Å². The van der Waals surface area contributed by atoms with Crippen molar-refractivity contribution in [2.24, 2.45) is 0 Å². The summed E-state index contributed by atoms with van der Waals surface area (Å²) < 4.78 is 27.8. The number of benzene rings is 3. The molecule has 0 aliphatic carbocycles. The van der Waals surface area contributed by atoms with E-state index in [0.29, 0.717) is 39.5 Å². The van der Waals surface area contributed by atoms with E-state index in [2.05, 4.69) is 5.32 Å². The summed E-state index contributed by atoms with van der Waals surface area (Å²) in [6.45, 7) is 1.55. The molecule has 1 heterocycles. The fourth-order valence-corrected chi connectivity index (χ4v) is 3.54. The minimum atomic E-state index is -1.04. The number of methoxy groups -OCH3 is 3. The zero-order valence-corrected chi connectivity index (χ0v) is 19.8. The van der Waals surface area contributed by atoms with Gasteiger partial charge in [0.05, 0.1) is 32.4 Å². The van der Waals surface area contributed by atoms with Crippen LogP contribution in [0.25, 0.3) is 22.3 Å². The van der Waals surface area contributed by atoms with Crippen LogP contribution in [0.3, 0.4) is 0 Å². The van der Waals surface area contributed by atoms with Crippen molar-refractivity contribution in [3.8, 4) is 34.3 Å². The Morgan fingerprint density at radius 1 is 0.886 bits per heavy atom. The summed E-state index contributed by atoms with van der Waals surface area (Å²) in [5.41, 5.74) is 1.05. The lowest BCUT2D eigenvalue weighted by Crippen LogP contribution is -2.32. The molecule has 0 saturated heterocycles. The predicted molar refractivity (Wildman–Crippen MR) is 133 cm³/mol. The first-order valence-electron chi connectivity index (χ1n) is 10.8. The largest absolute Gasteiger partial charge is 0.497 e. The fourth-order valence-electron chi connectivity index (χ4n) is 3.54. The van der Waals surface area contributed by atoms with E-state index in [0.717, 1.165) is 0 Å². The molecule has 0 bridgehead atoms. The van der Waals surface area contributed by atoms with E-state index in [4.69, 9.17) is 23.4 Å². The van der Waals surface area contributed by atoms with E-state index in [9.17, 15) is 9.59 Å². The Hall–Kier alpha value is -4.46. The molecule has 0 aliphatic heterocycles. The quantitative estimate of drug-likeness (QED) is 0.388. The van der Waals surface area contributed by atoms with Crippen molar-refractivity contribution >= 4 is 22.6 Å². The number of carbonyl (C=O) groups is 1. The molecule has 0 saturated carbocycles. The highest BCUT2D eigenvalue weighted by Gasteiger charge is 2.24. The van der Waals surface area contributed by atoms with Crippen LogP contribution in [0.2, 0.25) is 0 Å². The molecule has 1 aromatic heterocycles. The summed E-state index contributed by atoms with van der Waals surface area (Å²) in [6.07, 6.45) is -1.04. The molecule has 1 unspecified atom stereocenters. The number of rotatable bonds is 8. The van der Waals surface area contributed by atoms with E-state index < -0.39 is 12.0 Å². The summed E-state index contributed by atoms with van der Waals surface area (Å²) in [6, 6.07) is 18.9. The molecule has 0 spiro atoms. The Labute approximate surface area is 202 Å². The first kappa shape index (κ1) is 23.7. The summed E-state index contributed by atoms with van der Waals surface area (Å²) in [4.78, 5) is 26.4. The second-order valence-electron chi connectivity index (χ2n) is 7.63. The van der Waals surface area contributed by atoms with E-state index in [-0.39, 0.29) is 16.9 Å². The van der Waals surface area contributed by atoms with Crippen LogP contribution in [-0.4, -0.2) is 33.3 Å². The molecule has 1 atom stereocenters. The third-order valence-corrected chi connectivity index (χ3v) is 5.44. The van der Waals surface area contributed by atoms with Gasteiger partial charge in [0.1, 0.15) is 22.8 Å². The van der Waals surface area contributed by atoms with Gasteiger partial charge in [0.15, 0.2) is 11.9 Å². The van der Waals surface area contributed by atoms with Crippen LogP contribution in [0.1, 0.15) is 6.92 Å². The maximum Gasteiger partial charge on any atom is 0.265 e. The lowest BCUT2D eigenvalue weighted by atomic mass is 10.1. The highest BCUT2D eigenvalue weighted by Crippen LogP contribution is 2.33. The number of anilines is 1. The number of ether oxygens (including phenoxy) is 4. The van der Waals surface area contributed by atoms with Crippen molar-refractivity contribution in [2.75, 3.05) is 26.6 Å². The van der Waals surface area contributed by atoms with Gasteiger partial charge in [-0.2, -0.15) is 0 Å². The number of para-hydroxylation sites is 1. The van der Waals surface area contributed by atoms with Gasteiger partial charge in [-0.1, -0.05) is 12.1 Å². The van der Waals surface area contributed by atoms with Crippen LogP contribution in [-0.2, 0) is 4.79 Å². The fraction of sp³-hybridized carbons (Fsp3) is 0.185. The molecule has 1 N–H and O–H groups in total. The van der Waals surface area contributed by atoms with Crippen molar-refractivity contribution < 1.29 is 28.2 Å². The number of carbonyl (C=O) groups excluding carboxylic acids is 1. The average Bonchev–Trinajstić information content (AvgIpc) is 2.90. The van der Waals surface area contributed by atoms with Crippen LogP contribution >= 0.6 is 0 Å². The van der Waals surface area contributed by atoms with Crippen LogP contribution in [0.4, 0.5) is 5.69 Å².